The highest BCUT2D eigenvalue weighted by molar-refractivity contribution is 7.15. The first kappa shape index (κ1) is 15.5. The number of methoxy groups -OCH3 is 1. The van der Waals surface area contributed by atoms with Gasteiger partial charge in [0.05, 0.1) is 11.6 Å². The molecule has 120 valence electrons. The molecule has 0 fully saturated rings. The Morgan fingerprint density at radius 3 is 3.00 bits per heavy atom. The van der Waals surface area contributed by atoms with E-state index in [1.54, 1.807) is 11.8 Å². The van der Waals surface area contributed by atoms with E-state index < -0.39 is 0 Å². The predicted molar refractivity (Wildman–Crippen MR) is 86.1 cm³/mol. The maximum absolute atomic E-state index is 12.2. The predicted octanol–water partition coefficient (Wildman–Crippen LogP) is 2.02. The largest absolute Gasteiger partial charge is 0.377 e. The number of aromatic nitrogens is 5. The third-order valence-electron chi connectivity index (χ3n) is 3.26. The van der Waals surface area contributed by atoms with Crippen LogP contribution in [0.25, 0.3) is 11.0 Å². The van der Waals surface area contributed by atoms with Crippen molar-refractivity contribution in [3.63, 3.8) is 0 Å². The fourth-order valence-electron chi connectivity index (χ4n) is 2.22. The summed E-state index contributed by atoms with van der Waals surface area (Å²) < 4.78 is 6.73. The van der Waals surface area contributed by atoms with Crippen molar-refractivity contribution < 1.29 is 9.53 Å². The molecule has 0 bridgehead atoms. The minimum atomic E-state index is -0.141. The van der Waals surface area contributed by atoms with E-state index in [0.717, 1.165) is 16.0 Å². The van der Waals surface area contributed by atoms with Crippen molar-refractivity contribution in [1.29, 1.82) is 0 Å². The van der Waals surface area contributed by atoms with Crippen molar-refractivity contribution in [3.8, 4) is 0 Å². The molecular weight excluding hydrogens is 316 g/mol. The van der Waals surface area contributed by atoms with Crippen LogP contribution in [0.1, 0.15) is 24.4 Å². The summed E-state index contributed by atoms with van der Waals surface area (Å²) >= 11 is 1.30. The first-order chi connectivity index (χ1) is 11.2. The number of hydrogen-bond acceptors (Lipinski definition) is 7. The summed E-state index contributed by atoms with van der Waals surface area (Å²) in [6.45, 7) is 2.31. The van der Waals surface area contributed by atoms with Gasteiger partial charge in [0.15, 0.2) is 0 Å². The average Bonchev–Trinajstić information content (AvgIpc) is 3.14. The molecule has 23 heavy (non-hydrogen) atoms. The first-order valence-electron chi connectivity index (χ1n) is 7.08. The Bertz CT molecular complexity index is 814. The molecule has 3 rings (SSSR count). The Morgan fingerprint density at radius 2 is 2.17 bits per heavy atom. The minimum absolute atomic E-state index is 0.117. The molecule has 0 aliphatic carbocycles. The van der Waals surface area contributed by atoms with Gasteiger partial charge in [-0.25, -0.2) is 4.68 Å². The van der Waals surface area contributed by atoms with Crippen molar-refractivity contribution in [2.24, 2.45) is 0 Å². The quantitative estimate of drug-likeness (QED) is 0.742. The van der Waals surface area contributed by atoms with E-state index in [0.29, 0.717) is 11.7 Å². The Labute approximate surface area is 136 Å². The van der Waals surface area contributed by atoms with Gasteiger partial charge in [-0.15, -0.1) is 15.3 Å². The number of amides is 1. The maximum Gasteiger partial charge on any atom is 0.228 e. The second-order valence-electron chi connectivity index (χ2n) is 5.06. The van der Waals surface area contributed by atoms with Crippen molar-refractivity contribution in [2.45, 2.75) is 26.0 Å². The number of anilines is 1. The molecule has 1 N–H and O–H groups in total. The molecule has 1 atom stereocenters. The molecular formula is C14H16N6O2S. The molecule has 9 heteroatoms. The summed E-state index contributed by atoms with van der Waals surface area (Å²) in [6, 6.07) is 7.54. The number of fused-ring (bicyclic) bond motifs is 1. The van der Waals surface area contributed by atoms with Crippen LogP contribution in [-0.4, -0.2) is 38.2 Å². The Balaban J connectivity index is 1.64. The zero-order chi connectivity index (χ0) is 16.2. The van der Waals surface area contributed by atoms with Gasteiger partial charge in [-0.05, 0) is 19.1 Å². The number of nitrogens with zero attached hydrogens (tertiary/aromatic N) is 5. The number of ether oxygens (including phenoxy) is 1. The Morgan fingerprint density at radius 1 is 1.35 bits per heavy atom. The topological polar surface area (TPSA) is 94.8 Å². The summed E-state index contributed by atoms with van der Waals surface area (Å²) in [7, 11) is 1.59. The molecule has 1 amide bonds. The number of carbonyl (C=O) groups excluding carboxylic acids is 1. The zero-order valence-corrected chi connectivity index (χ0v) is 13.6. The van der Waals surface area contributed by atoms with Gasteiger partial charge in [0, 0.05) is 13.5 Å². The van der Waals surface area contributed by atoms with Crippen LogP contribution in [-0.2, 0) is 16.1 Å². The van der Waals surface area contributed by atoms with Crippen molar-refractivity contribution in [3.05, 3.63) is 29.3 Å². The number of nitrogens with one attached hydrogen (secondary N) is 1. The zero-order valence-electron chi connectivity index (χ0n) is 12.8. The van der Waals surface area contributed by atoms with Gasteiger partial charge < -0.3 is 10.1 Å². The average molecular weight is 332 g/mol. The molecule has 8 nitrogen and oxygen atoms in total. The highest BCUT2D eigenvalue weighted by Gasteiger charge is 2.16. The lowest BCUT2D eigenvalue weighted by Crippen LogP contribution is -2.18. The van der Waals surface area contributed by atoms with Crippen LogP contribution >= 0.6 is 11.3 Å². The lowest BCUT2D eigenvalue weighted by atomic mass is 10.2. The normalized spacial score (nSPS) is 12.4. The van der Waals surface area contributed by atoms with Crippen LogP contribution in [0.4, 0.5) is 5.13 Å². The van der Waals surface area contributed by atoms with Gasteiger partial charge in [-0.2, -0.15) is 0 Å². The molecule has 1 aromatic carbocycles. The third kappa shape index (κ3) is 3.51. The number of rotatable bonds is 6. The lowest BCUT2D eigenvalue weighted by molar-refractivity contribution is -0.116. The second kappa shape index (κ2) is 6.80. The Kier molecular flexibility index (Phi) is 4.58. The lowest BCUT2D eigenvalue weighted by Gasteiger charge is -2.11. The molecule has 2 heterocycles. The van der Waals surface area contributed by atoms with Crippen LogP contribution in [0.5, 0.6) is 0 Å². The number of hydrogen-bond donors (Lipinski definition) is 1. The number of para-hydroxylation sites is 1. The summed E-state index contributed by atoms with van der Waals surface area (Å²) in [5, 5.41) is 20.0. The number of carbonyl (C=O) groups is 1. The molecule has 2 aromatic heterocycles. The smallest absolute Gasteiger partial charge is 0.228 e. The van der Waals surface area contributed by atoms with Gasteiger partial charge in [-0.3, -0.25) is 4.79 Å². The summed E-state index contributed by atoms with van der Waals surface area (Å²) in [5.41, 5.74) is 1.72. The standard InChI is InChI=1S/C14H16N6O2S/c1-9(20-11-6-4-3-5-10(11)16-19-20)7-12(21)15-14-18-17-13(23-14)8-22-2/h3-6,9H,7-8H2,1-2H3,(H,15,18,21)/t9-/m0/s1. The SMILES string of the molecule is COCc1nnc(NC(=O)C[C@H](C)n2nnc3ccccc32)s1. The van der Waals surface area contributed by atoms with Crippen molar-refractivity contribution >= 4 is 33.4 Å². The molecule has 0 spiro atoms. The minimum Gasteiger partial charge on any atom is -0.377 e. The van der Waals surface area contributed by atoms with E-state index in [-0.39, 0.29) is 18.4 Å². The number of benzene rings is 1. The molecule has 0 saturated heterocycles. The van der Waals surface area contributed by atoms with Gasteiger partial charge in [0.1, 0.15) is 17.1 Å². The van der Waals surface area contributed by atoms with E-state index in [1.807, 2.05) is 31.2 Å². The molecule has 0 saturated carbocycles. The van der Waals surface area contributed by atoms with Crippen LogP contribution in [0.15, 0.2) is 24.3 Å². The van der Waals surface area contributed by atoms with Gasteiger partial charge in [0.25, 0.3) is 0 Å². The molecule has 0 unspecified atom stereocenters. The second-order valence-corrected chi connectivity index (χ2v) is 6.12. The monoisotopic (exact) mass is 332 g/mol. The van der Waals surface area contributed by atoms with Crippen molar-refractivity contribution in [2.75, 3.05) is 12.4 Å². The summed E-state index contributed by atoms with van der Waals surface area (Å²) in [5.74, 6) is -0.141. The first-order valence-corrected chi connectivity index (χ1v) is 7.90. The van der Waals surface area contributed by atoms with E-state index in [9.17, 15) is 4.79 Å². The molecule has 0 aliphatic heterocycles. The van der Waals surface area contributed by atoms with Gasteiger partial charge in [0.2, 0.25) is 11.0 Å². The van der Waals surface area contributed by atoms with Gasteiger partial charge in [-0.1, -0.05) is 28.7 Å². The fraction of sp³-hybridized carbons (Fsp3) is 0.357. The highest BCUT2D eigenvalue weighted by atomic mass is 32.1. The van der Waals surface area contributed by atoms with Crippen molar-refractivity contribution in [1.82, 2.24) is 25.2 Å². The van der Waals surface area contributed by atoms with E-state index in [2.05, 4.69) is 25.8 Å². The molecule has 0 radical (unpaired) electrons. The molecule has 3 aromatic rings. The van der Waals surface area contributed by atoms with Crippen LogP contribution in [0.2, 0.25) is 0 Å². The summed E-state index contributed by atoms with van der Waals surface area (Å²) in [6.07, 6.45) is 0.270. The Hall–Kier alpha value is -2.39. The van der Waals surface area contributed by atoms with E-state index >= 15 is 0 Å². The van der Waals surface area contributed by atoms with Crippen LogP contribution in [0.3, 0.4) is 0 Å². The third-order valence-corrected chi connectivity index (χ3v) is 4.07. The van der Waals surface area contributed by atoms with Gasteiger partial charge >= 0.3 is 0 Å². The van der Waals surface area contributed by atoms with Crippen LogP contribution in [0, 0.1) is 0 Å². The van der Waals surface area contributed by atoms with E-state index in [1.165, 1.54) is 11.3 Å². The maximum atomic E-state index is 12.2. The fourth-order valence-corrected chi connectivity index (χ4v) is 2.95. The summed E-state index contributed by atoms with van der Waals surface area (Å²) in [4.78, 5) is 12.2. The molecule has 0 aliphatic rings. The highest BCUT2D eigenvalue weighted by Crippen LogP contribution is 2.20. The van der Waals surface area contributed by atoms with Crippen LogP contribution < -0.4 is 5.32 Å². The van der Waals surface area contributed by atoms with E-state index in [4.69, 9.17) is 4.74 Å².